The van der Waals surface area contributed by atoms with Gasteiger partial charge in [0.15, 0.2) is 0 Å². The molecule has 4 heteroatoms. The molecule has 0 bridgehead atoms. The summed E-state index contributed by atoms with van der Waals surface area (Å²) in [5.41, 5.74) is -0.932. The number of hydrogen-bond acceptors (Lipinski definition) is 2. The maximum absolute atomic E-state index is 11.8. The van der Waals surface area contributed by atoms with E-state index >= 15 is 0 Å². The molecule has 2 N–H and O–H groups in total. The van der Waals surface area contributed by atoms with Crippen LogP contribution in [0.15, 0.2) is 12.2 Å². The summed E-state index contributed by atoms with van der Waals surface area (Å²) in [4.78, 5) is 22.8. The molecule has 0 radical (unpaired) electrons. The highest BCUT2D eigenvalue weighted by atomic mass is 16.4. The van der Waals surface area contributed by atoms with Crippen molar-refractivity contribution >= 4 is 11.9 Å². The molecule has 0 aliphatic heterocycles. The molecule has 1 rings (SSSR count). The van der Waals surface area contributed by atoms with Crippen LogP contribution in [0.5, 0.6) is 0 Å². The van der Waals surface area contributed by atoms with Gasteiger partial charge in [-0.15, -0.1) is 0 Å². The van der Waals surface area contributed by atoms with Crippen LogP contribution in [0.4, 0.5) is 0 Å². The summed E-state index contributed by atoms with van der Waals surface area (Å²) < 4.78 is 0. The summed E-state index contributed by atoms with van der Waals surface area (Å²) in [6, 6.07) is 0. The van der Waals surface area contributed by atoms with Crippen molar-refractivity contribution in [3.05, 3.63) is 12.2 Å². The minimum atomic E-state index is -0.932. The molecule has 0 heterocycles. The Balaban J connectivity index is -0.000000102. The van der Waals surface area contributed by atoms with E-state index in [4.69, 9.17) is 5.11 Å². The van der Waals surface area contributed by atoms with Crippen molar-refractivity contribution in [2.45, 2.75) is 232 Å². The van der Waals surface area contributed by atoms with Crippen LogP contribution in [-0.4, -0.2) is 22.5 Å². The third kappa shape index (κ3) is 60.6. The number of rotatable bonds is 17. The summed E-state index contributed by atoms with van der Waals surface area (Å²) in [6.07, 6.45) is 23.5. The maximum Gasteiger partial charge on any atom is 0.329 e. The lowest BCUT2D eigenvalue weighted by Gasteiger charge is -2.12. The molecule has 0 saturated heterocycles. The summed E-state index contributed by atoms with van der Waals surface area (Å²) in [7, 11) is 0. The molecule has 0 spiro atoms. The number of amides is 1. The fourth-order valence-corrected chi connectivity index (χ4v) is 3.20. The van der Waals surface area contributed by atoms with Crippen molar-refractivity contribution in [1.29, 1.82) is 0 Å². The second-order valence-corrected chi connectivity index (χ2v) is 8.48. The van der Waals surface area contributed by atoms with E-state index in [1.807, 2.05) is 96.9 Å². The van der Waals surface area contributed by atoms with Crippen molar-refractivity contribution in [2.24, 2.45) is 0 Å². The zero-order chi connectivity index (χ0) is 35.8. The van der Waals surface area contributed by atoms with Gasteiger partial charge in [-0.25, -0.2) is 4.79 Å². The number of allylic oxidation sites excluding steroid dienone is 2. The zero-order valence-corrected chi connectivity index (χ0v) is 33.4. The Hall–Kier alpha value is -1.32. The van der Waals surface area contributed by atoms with Crippen LogP contribution in [0.25, 0.3) is 0 Å². The van der Waals surface area contributed by atoms with Crippen molar-refractivity contribution in [3.63, 3.8) is 0 Å². The van der Waals surface area contributed by atoms with Gasteiger partial charge < -0.3 is 10.4 Å². The third-order valence-corrected chi connectivity index (χ3v) is 5.20. The Morgan fingerprint density at radius 2 is 0.860 bits per heavy atom. The molecule has 1 aliphatic carbocycles. The molecule has 0 aromatic heterocycles. The summed E-state index contributed by atoms with van der Waals surface area (Å²) in [5.74, 6) is -1.00. The molecular weight excluding hydrogens is 530 g/mol. The molecule has 1 amide bonds. The minimum Gasteiger partial charge on any atom is -0.480 e. The lowest BCUT2D eigenvalue weighted by molar-refractivity contribution is -0.143. The molecule has 0 unspecified atom stereocenters. The van der Waals surface area contributed by atoms with Gasteiger partial charge >= 0.3 is 5.97 Å². The number of carboxylic acids is 1. The van der Waals surface area contributed by atoms with Crippen molar-refractivity contribution in [3.8, 4) is 0 Å². The SMILES string of the molecule is CC.CC.CC.CC.CC.CC.CC.CCC.CCCCCCCC/C=C\CCCCCCCC(=O)NC1(C(=O)O)CC1. The largest absolute Gasteiger partial charge is 0.480 e. The Kier molecular flexibility index (Phi) is 96.2. The van der Waals surface area contributed by atoms with Crippen LogP contribution in [0.2, 0.25) is 0 Å². The monoisotopic (exact) mass is 620 g/mol. The first-order chi connectivity index (χ1) is 21.0. The van der Waals surface area contributed by atoms with Crippen molar-refractivity contribution < 1.29 is 14.7 Å². The molecule has 0 atom stereocenters. The van der Waals surface area contributed by atoms with Gasteiger partial charge in [0.2, 0.25) is 5.91 Å². The molecule has 4 nitrogen and oxygen atoms in total. The van der Waals surface area contributed by atoms with Gasteiger partial charge in [0.05, 0.1) is 0 Å². The van der Waals surface area contributed by atoms with Gasteiger partial charge in [-0.1, -0.05) is 188 Å². The predicted octanol–water partition coefficient (Wildman–Crippen LogP) is 14.4. The quantitative estimate of drug-likeness (QED) is 0.126. The number of carboxylic acid groups (broad SMARTS) is 1. The van der Waals surface area contributed by atoms with E-state index in [-0.39, 0.29) is 5.91 Å². The fourth-order valence-electron chi connectivity index (χ4n) is 3.20. The van der Waals surface area contributed by atoms with E-state index < -0.39 is 11.5 Å². The van der Waals surface area contributed by atoms with Gasteiger partial charge in [-0.2, -0.15) is 0 Å². The zero-order valence-electron chi connectivity index (χ0n) is 33.4. The van der Waals surface area contributed by atoms with Crippen molar-refractivity contribution in [2.75, 3.05) is 0 Å². The normalized spacial score (nSPS) is 10.6. The highest BCUT2D eigenvalue weighted by Gasteiger charge is 2.51. The molecule has 1 aliphatic rings. The smallest absolute Gasteiger partial charge is 0.329 e. The second kappa shape index (κ2) is 68.0. The van der Waals surface area contributed by atoms with Crippen LogP contribution in [0, 0.1) is 0 Å². The highest BCUT2D eigenvalue weighted by Crippen LogP contribution is 2.35. The van der Waals surface area contributed by atoms with E-state index in [1.54, 1.807) is 0 Å². The van der Waals surface area contributed by atoms with Gasteiger partial charge in [0.25, 0.3) is 0 Å². The van der Waals surface area contributed by atoms with E-state index in [0.717, 1.165) is 25.7 Å². The van der Waals surface area contributed by atoms with E-state index in [9.17, 15) is 9.59 Å². The molecular formula is C39H89NO3. The molecule has 268 valence electrons. The predicted molar refractivity (Wildman–Crippen MR) is 203 cm³/mol. The first-order valence-corrected chi connectivity index (χ1v) is 19.2. The molecule has 1 fully saturated rings. The van der Waals surface area contributed by atoms with Gasteiger partial charge in [-0.05, 0) is 44.9 Å². The van der Waals surface area contributed by atoms with Gasteiger partial charge in [0, 0.05) is 6.42 Å². The minimum absolute atomic E-state index is 0.109. The fraction of sp³-hybridized carbons (Fsp3) is 0.897. The third-order valence-electron chi connectivity index (χ3n) is 5.20. The molecule has 0 aromatic carbocycles. The van der Waals surface area contributed by atoms with Crippen LogP contribution in [-0.2, 0) is 9.59 Å². The van der Waals surface area contributed by atoms with E-state index in [2.05, 4.69) is 38.2 Å². The van der Waals surface area contributed by atoms with Crippen LogP contribution in [0.1, 0.15) is 227 Å². The average molecular weight is 620 g/mol. The van der Waals surface area contributed by atoms with Gasteiger partial charge in [0.1, 0.15) is 5.54 Å². The standard InChI is InChI=1S/C22H39NO3.C3H8.7C2H6/c1-2-3-4-5-6-7-8-9-10-11-12-13-14-15-16-17-20(24)23-22(18-19-22)21(25)26;1-3-2;7*1-2/h9-10H,2-8,11-19H2,1H3,(H,23,24)(H,25,26);3H2,1-2H3;7*1-2H3/b10-9-;;;;;;;;. The Morgan fingerprint density at radius 1 is 0.558 bits per heavy atom. The highest BCUT2D eigenvalue weighted by molar-refractivity contribution is 5.89. The molecule has 0 aromatic rings. The topological polar surface area (TPSA) is 66.4 Å². The number of unbranched alkanes of at least 4 members (excludes halogenated alkanes) is 11. The summed E-state index contributed by atoms with van der Waals surface area (Å²) in [6.45, 7) is 34.5. The lowest BCUT2D eigenvalue weighted by Crippen LogP contribution is -2.42. The first-order valence-electron chi connectivity index (χ1n) is 19.2. The second-order valence-electron chi connectivity index (χ2n) is 8.48. The van der Waals surface area contributed by atoms with Crippen LogP contribution in [0.3, 0.4) is 0 Å². The number of hydrogen-bond donors (Lipinski definition) is 2. The summed E-state index contributed by atoms with van der Waals surface area (Å²) in [5, 5.41) is 11.7. The van der Waals surface area contributed by atoms with Crippen molar-refractivity contribution in [1.82, 2.24) is 5.32 Å². The van der Waals surface area contributed by atoms with E-state index in [1.165, 1.54) is 64.2 Å². The maximum atomic E-state index is 11.8. The Morgan fingerprint density at radius 3 is 1.16 bits per heavy atom. The van der Waals surface area contributed by atoms with Gasteiger partial charge in [-0.3, -0.25) is 4.79 Å². The Bertz CT molecular complexity index is 444. The number of nitrogens with one attached hydrogen (secondary N) is 1. The number of carbonyl (C=O) groups is 2. The van der Waals surface area contributed by atoms with Crippen LogP contribution >= 0.6 is 0 Å². The van der Waals surface area contributed by atoms with Crippen LogP contribution < -0.4 is 5.32 Å². The summed E-state index contributed by atoms with van der Waals surface area (Å²) >= 11 is 0. The number of carbonyl (C=O) groups excluding carboxylic acids is 1. The molecule has 43 heavy (non-hydrogen) atoms. The average Bonchev–Trinajstić information content (AvgIpc) is 3.87. The lowest BCUT2D eigenvalue weighted by atomic mass is 10.1. The molecule has 1 saturated carbocycles. The number of aliphatic carboxylic acids is 1. The van der Waals surface area contributed by atoms with E-state index in [0.29, 0.717) is 19.3 Å². The Labute approximate surface area is 276 Å². The first kappa shape index (κ1) is 60.8.